The molecule has 6 aromatic rings. The number of nitrogens with one attached hydrogen (secondary N) is 4. The monoisotopic (exact) mass is 960 g/mol. The van der Waals surface area contributed by atoms with E-state index in [0.29, 0.717) is 65.3 Å². The highest BCUT2D eigenvalue weighted by Crippen LogP contribution is 2.51. The minimum Gasteiger partial charge on any atom is -0.464 e. The number of benzene rings is 2. The Bertz CT molecular complexity index is 2970. The predicted octanol–water partition coefficient (Wildman–Crippen LogP) is 8.90. The second-order valence-electron chi connectivity index (χ2n) is 19.2. The fourth-order valence-electron chi connectivity index (χ4n) is 10.2. The molecule has 4 aromatic heterocycles. The number of amides is 4. The van der Waals surface area contributed by atoms with E-state index >= 15 is 4.39 Å². The third kappa shape index (κ3) is 8.37. The maximum atomic E-state index is 17.1. The quantitative estimate of drug-likeness (QED) is 0.0918. The van der Waals surface area contributed by atoms with Gasteiger partial charge in [0.25, 0.3) is 0 Å². The Morgan fingerprint density at radius 3 is 1.91 bits per heavy atom. The second kappa shape index (κ2) is 18.3. The number of alkyl carbamates (subject to hydrolysis) is 2. The fraction of sp³-hybridized carbons (Fsp3) is 0.460. The Hall–Kier alpha value is -6.76. The van der Waals surface area contributed by atoms with Crippen molar-refractivity contribution in [1.29, 1.82) is 0 Å². The Labute approximate surface area is 402 Å². The molecule has 3 fully saturated rings. The molecule has 17 nitrogen and oxygen atoms in total. The van der Waals surface area contributed by atoms with Gasteiger partial charge in [-0.25, -0.2) is 28.9 Å². The van der Waals surface area contributed by atoms with Gasteiger partial charge in [-0.3, -0.25) is 14.2 Å². The van der Waals surface area contributed by atoms with Crippen LogP contribution in [0.3, 0.4) is 0 Å². The van der Waals surface area contributed by atoms with Gasteiger partial charge in [0.05, 0.1) is 76.7 Å². The molecule has 19 heteroatoms. The average Bonchev–Trinajstić information content (AvgIpc) is 4.05. The van der Waals surface area contributed by atoms with Crippen LogP contribution < -0.4 is 15.4 Å². The van der Waals surface area contributed by atoms with Gasteiger partial charge in [0.2, 0.25) is 18.0 Å². The van der Waals surface area contributed by atoms with Crippen molar-refractivity contribution in [3.05, 3.63) is 81.8 Å². The van der Waals surface area contributed by atoms with Crippen LogP contribution in [0.25, 0.3) is 44.7 Å². The predicted molar refractivity (Wildman–Crippen MR) is 256 cm³/mol. The fourth-order valence-corrected chi connectivity index (χ4v) is 11.3. The van der Waals surface area contributed by atoms with E-state index in [9.17, 15) is 19.2 Å². The minimum absolute atomic E-state index is 0.154. The molecule has 2 saturated heterocycles. The lowest BCUT2D eigenvalue weighted by molar-refractivity contribution is -0.136. The normalized spacial score (nSPS) is 19.7. The first kappa shape index (κ1) is 46.0. The topological polar surface area (TPSA) is 202 Å². The number of nitrogens with zero attached hydrogens (tertiary/aromatic N) is 6. The first-order valence-electron chi connectivity index (χ1n) is 23.8. The van der Waals surface area contributed by atoms with Crippen molar-refractivity contribution < 1.29 is 37.8 Å². The van der Waals surface area contributed by atoms with Crippen LogP contribution in [-0.4, -0.2) is 103 Å². The smallest absolute Gasteiger partial charge is 0.407 e. The van der Waals surface area contributed by atoms with Crippen LogP contribution in [0, 0.1) is 24.6 Å². The van der Waals surface area contributed by atoms with Crippen LogP contribution >= 0.6 is 11.3 Å². The summed E-state index contributed by atoms with van der Waals surface area (Å²) in [6, 6.07) is 7.31. The zero-order chi connectivity index (χ0) is 48.4. The number of methoxy groups -OCH3 is 2. The Kier molecular flexibility index (Phi) is 12.2. The highest BCUT2D eigenvalue weighted by molar-refractivity contribution is 7.11. The van der Waals surface area contributed by atoms with Crippen LogP contribution in [-0.2, 0) is 19.1 Å². The molecule has 7 heterocycles. The zero-order valence-corrected chi connectivity index (χ0v) is 40.5. The molecule has 4 amide bonds. The standard InChI is InChI=1S/C50H57FN10O7S/c1-24(2)40(57-49(64)66-6)46(62)59-16-8-10-35(59)43-52-21-32(55-43)28-14-15-34-30(18-28)26(5)42-39-31(51)19-29(20-37(39)68-48(61(34)42)38-23-54-45(69-38)27-12-13-27)33-22-53-44(56-33)36-11-9-17-60(36)47(63)41(25(3)4)58-50(65)67-7/h14-15,18-25,27,35-36,40-41,48H,8-13,16-17H2,1-7H3,(H,52,55)(H,53,56)(H,57,64)(H,58,65)/t35-,36-,40-,41-,48?/m0/s1. The van der Waals surface area contributed by atoms with Gasteiger partial charge in [-0.05, 0) is 87.1 Å². The molecular weight excluding hydrogens is 904 g/mol. The van der Waals surface area contributed by atoms with Crippen LogP contribution in [0.1, 0.15) is 118 Å². The molecule has 3 aliphatic heterocycles. The molecule has 5 atom stereocenters. The van der Waals surface area contributed by atoms with Crippen molar-refractivity contribution in [2.75, 3.05) is 27.3 Å². The molecule has 0 bridgehead atoms. The molecule has 4 aliphatic rings. The van der Waals surface area contributed by atoms with Crippen molar-refractivity contribution in [2.24, 2.45) is 11.8 Å². The Morgan fingerprint density at radius 1 is 0.783 bits per heavy atom. The number of carbonyl (C=O) groups is 4. The molecular formula is C50H57FN10O7S. The summed E-state index contributed by atoms with van der Waals surface area (Å²) in [7, 11) is 2.55. The molecule has 4 N–H and O–H groups in total. The summed E-state index contributed by atoms with van der Waals surface area (Å²) in [6.45, 7) is 10.6. The number of thiazole rings is 1. The molecule has 362 valence electrons. The van der Waals surface area contributed by atoms with Gasteiger partial charge in [-0.1, -0.05) is 33.8 Å². The van der Waals surface area contributed by atoms with E-state index < -0.39 is 36.3 Å². The summed E-state index contributed by atoms with van der Waals surface area (Å²) in [5, 5.41) is 7.38. The van der Waals surface area contributed by atoms with E-state index in [0.717, 1.165) is 69.7 Å². The van der Waals surface area contributed by atoms with Crippen LogP contribution in [0.2, 0.25) is 0 Å². The number of fused-ring (bicyclic) bond motifs is 5. The van der Waals surface area contributed by atoms with Crippen molar-refractivity contribution >= 4 is 46.2 Å². The summed E-state index contributed by atoms with van der Waals surface area (Å²) in [6.07, 6.45) is 8.52. The molecule has 2 aromatic carbocycles. The number of hydrogen-bond acceptors (Lipinski definition) is 11. The van der Waals surface area contributed by atoms with Gasteiger partial charge >= 0.3 is 12.2 Å². The van der Waals surface area contributed by atoms with Gasteiger partial charge in [0.15, 0.2) is 0 Å². The molecule has 1 unspecified atom stereocenters. The zero-order valence-electron chi connectivity index (χ0n) is 39.7. The molecule has 1 saturated carbocycles. The number of imidazole rings is 2. The third-order valence-electron chi connectivity index (χ3n) is 14.0. The average molecular weight is 961 g/mol. The highest BCUT2D eigenvalue weighted by atomic mass is 32.1. The molecule has 10 rings (SSSR count). The lowest BCUT2D eigenvalue weighted by Crippen LogP contribution is -2.51. The lowest BCUT2D eigenvalue weighted by Gasteiger charge is -2.30. The second-order valence-corrected chi connectivity index (χ2v) is 20.3. The first-order valence-corrected chi connectivity index (χ1v) is 24.6. The number of H-pyrrole nitrogens is 2. The number of aromatic amines is 2. The number of halogens is 1. The number of hydrogen-bond donors (Lipinski definition) is 4. The molecule has 69 heavy (non-hydrogen) atoms. The Balaban J connectivity index is 0.981. The SMILES string of the molecule is COC(=O)N[C@H](C(=O)N1CCC[C@H]1c1ncc(-c2cc(F)c3c(c2)OC(c2cnc(C4CC4)s2)n2c-3c(C)c3cc(-c4cnc([C@@H]5CCCN5C(=O)[C@@H](NC(=O)OC)C(C)C)[nH]4)ccc32)[nH]1)C(C)C. The number of aryl methyl sites for hydroxylation is 1. The van der Waals surface area contributed by atoms with E-state index in [-0.39, 0.29) is 35.7 Å². The van der Waals surface area contributed by atoms with Crippen molar-refractivity contribution in [3.8, 4) is 39.5 Å². The largest absolute Gasteiger partial charge is 0.464 e. The number of likely N-dealkylation sites (tertiary alicyclic amines) is 2. The van der Waals surface area contributed by atoms with Gasteiger partial charge in [-0.15, -0.1) is 11.3 Å². The first-order chi connectivity index (χ1) is 33.2. The van der Waals surface area contributed by atoms with E-state index in [4.69, 9.17) is 29.2 Å². The van der Waals surface area contributed by atoms with Gasteiger partial charge < -0.3 is 44.6 Å². The maximum absolute atomic E-state index is 17.1. The summed E-state index contributed by atoms with van der Waals surface area (Å²) < 4.78 is 35.7. The Morgan fingerprint density at radius 2 is 1.36 bits per heavy atom. The van der Waals surface area contributed by atoms with E-state index in [1.807, 2.05) is 59.0 Å². The third-order valence-corrected chi connectivity index (χ3v) is 15.2. The molecule has 0 spiro atoms. The van der Waals surface area contributed by atoms with Crippen LogP contribution in [0.4, 0.5) is 14.0 Å². The van der Waals surface area contributed by atoms with Crippen molar-refractivity contribution in [1.82, 2.24) is 49.9 Å². The molecule has 0 radical (unpaired) electrons. The summed E-state index contributed by atoms with van der Waals surface area (Å²) >= 11 is 1.63. The number of rotatable bonds is 12. The molecule has 1 aliphatic carbocycles. The van der Waals surface area contributed by atoms with E-state index in [2.05, 4.69) is 31.2 Å². The number of ether oxygens (including phenoxy) is 3. The van der Waals surface area contributed by atoms with Gasteiger partial charge in [0.1, 0.15) is 35.3 Å². The summed E-state index contributed by atoms with van der Waals surface area (Å²) in [5.74, 6) is 0.863. The number of carbonyl (C=O) groups excluding carboxylic acids is 4. The van der Waals surface area contributed by atoms with E-state index in [1.54, 1.807) is 33.5 Å². The van der Waals surface area contributed by atoms with Crippen LogP contribution in [0.5, 0.6) is 5.75 Å². The summed E-state index contributed by atoms with van der Waals surface area (Å²) in [4.78, 5) is 77.6. The van der Waals surface area contributed by atoms with E-state index in [1.165, 1.54) is 20.3 Å². The van der Waals surface area contributed by atoms with Crippen molar-refractivity contribution in [3.63, 3.8) is 0 Å². The van der Waals surface area contributed by atoms with Gasteiger partial charge in [-0.2, -0.15) is 0 Å². The number of aromatic nitrogens is 6. The van der Waals surface area contributed by atoms with Gasteiger partial charge in [0, 0.05) is 41.7 Å². The summed E-state index contributed by atoms with van der Waals surface area (Å²) in [5.41, 5.74) is 5.54. The maximum Gasteiger partial charge on any atom is 0.407 e. The lowest BCUT2D eigenvalue weighted by atomic mass is 10.00. The van der Waals surface area contributed by atoms with Crippen molar-refractivity contribution in [2.45, 2.75) is 109 Å². The minimum atomic E-state index is -0.773. The highest BCUT2D eigenvalue weighted by Gasteiger charge is 2.41. The van der Waals surface area contributed by atoms with Crippen LogP contribution in [0.15, 0.2) is 48.9 Å².